The summed E-state index contributed by atoms with van der Waals surface area (Å²) >= 11 is 0. The summed E-state index contributed by atoms with van der Waals surface area (Å²) in [5.41, 5.74) is 1.56. The summed E-state index contributed by atoms with van der Waals surface area (Å²) in [6, 6.07) is 0. The molecular formula is C15H22N4O4S. The van der Waals surface area contributed by atoms with Crippen molar-refractivity contribution in [1.29, 1.82) is 0 Å². The number of aromatic nitrogens is 2. The summed E-state index contributed by atoms with van der Waals surface area (Å²) in [5, 5.41) is 0. The summed E-state index contributed by atoms with van der Waals surface area (Å²) in [6.07, 6.45) is 3.82. The highest BCUT2D eigenvalue weighted by molar-refractivity contribution is 7.88. The first-order valence-corrected chi connectivity index (χ1v) is 10.0. The van der Waals surface area contributed by atoms with Crippen molar-refractivity contribution in [2.75, 3.05) is 57.2 Å². The van der Waals surface area contributed by atoms with Crippen LogP contribution in [0.2, 0.25) is 0 Å². The van der Waals surface area contributed by atoms with Gasteiger partial charge in [-0.15, -0.1) is 0 Å². The zero-order chi connectivity index (χ0) is 16.8. The number of anilines is 1. The Balaban J connectivity index is 1.69. The van der Waals surface area contributed by atoms with Crippen LogP contribution in [0.4, 0.5) is 5.95 Å². The average Bonchev–Trinajstić information content (AvgIpc) is 3.01. The van der Waals surface area contributed by atoms with Crippen LogP contribution in [0.25, 0.3) is 0 Å². The fourth-order valence-electron chi connectivity index (χ4n) is 3.73. The van der Waals surface area contributed by atoms with Crippen LogP contribution in [0.1, 0.15) is 17.7 Å². The van der Waals surface area contributed by atoms with Crippen LogP contribution in [0, 0.1) is 0 Å². The standard InChI is InChI=1S/C15H22N4O4S/c1-24(20,21)19-3-2-15(10-19)11-23-9-12-8-16-14(17-13(12)15)18-4-6-22-7-5-18/h8H,2-7,9-11H2,1H3. The maximum atomic E-state index is 11.9. The van der Waals surface area contributed by atoms with Gasteiger partial charge in [-0.25, -0.2) is 22.7 Å². The van der Waals surface area contributed by atoms with Crippen molar-refractivity contribution < 1.29 is 17.9 Å². The molecule has 4 heterocycles. The second-order valence-corrected chi connectivity index (χ2v) is 8.75. The van der Waals surface area contributed by atoms with Crippen LogP contribution in [0.3, 0.4) is 0 Å². The van der Waals surface area contributed by atoms with E-state index in [1.165, 1.54) is 10.6 Å². The van der Waals surface area contributed by atoms with Gasteiger partial charge in [0.25, 0.3) is 0 Å². The van der Waals surface area contributed by atoms with Gasteiger partial charge in [0.1, 0.15) is 0 Å². The third kappa shape index (κ3) is 2.79. The van der Waals surface area contributed by atoms with E-state index in [9.17, 15) is 8.42 Å². The third-order valence-corrected chi connectivity index (χ3v) is 6.32. The lowest BCUT2D eigenvalue weighted by atomic mass is 9.81. The van der Waals surface area contributed by atoms with E-state index < -0.39 is 10.0 Å². The zero-order valence-electron chi connectivity index (χ0n) is 13.8. The fourth-order valence-corrected chi connectivity index (χ4v) is 4.64. The molecule has 1 unspecified atom stereocenters. The minimum absolute atomic E-state index is 0.360. The normalized spacial score (nSPS) is 28.3. The topological polar surface area (TPSA) is 84.9 Å². The number of ether oxygens (including phenoxy) is 2. The second kappa shape index (κ2) is 5.91. The smallest absolute Gasteiger partial charge is 0.225 e. The van der Waals surface area contributed by atoms with Crippen molar-refractivity contribution in [3.8, 4) is 0 Å². The van der Waals surface area contributed by atoms with Gasteiger partial charge in [-0.2, -0.15) is 0 Å². The van der Waals surface area contributed by atoms with Crippen LogP contribution in [-0.2, 0) is 31.5 Å². The minimum Gasteiger partial charge on any atom is -0.378 e. The molecule has 0 aromatic carbocycles. The Hall–Kier alpha value is -1.29. The van der Waals surface area contributed by atoms with E-state index in [4.69, 9.17) is 14.5 Å². The van der Waals surface area contributed by atoms with Crippen LogP contribution in [0.15, 0.2) is 6.20 Å². The van der Waals surface area contributed by atoms with Crippen molar-refractivity contribution in [3.63, 3.8) is 0 Å². The molecule has 2 fully saturated rings. The van der Waals surface area contributed by atoms with E-state index in [2.05, 4.69) is 9.88 Å². The third-order valence-electron chi connectivity index (χ3n) is 5.07. The molecule has 3 aliphatic rings. The highest BCUT2D eigenvalue weighted by Gasteiger charge is 2.47. The lowest BCUT2D eigenvalue weighted by Gasteiger charge is -2.35. The molecule has 0 amide bonds. The van der Waals surface area contributed by atoms with E-state index in [0.717, 1.165) is 30.8 Å². The molecule has 8 nitrogen and oxygen atoms in total. The molecule has 0 aliphatic carbocycles. The van der Waals surface area contributed by atoms with Crippen molar-refractivity contribution >= 4 is 16.0 Å². The molecule has 2 saturated heterocycles. The van der Waals surface area contributed by atoms with Gasteiger partial charge < -0.3 is 14.4 Å². The molecule has 132 valence electrons. The van der Waals surface area contributed by atoms with Crippen molar-refractivity contribution in [2.24, 2.45) is 0 Å². The van der Waals surface area contributed by atoms with Gasteiger partial charge in [0.15, 0.2) is 0 Å². The lowest BCUT2D eigenvalue weighted by molar-refractivity contribution is 0.0530. The number of sulfonamides is 1. The first kappa shape index (κ1) is 16.2. The lowest BCUT2D eigenvalue weighted by Crippen LogP contribution is -2.43. The molecule has 1 aromatic heterocycles. The number of hydrogen-bond donors (Lipinski definition) is 0. The van der Waals surface area contributed by atoms with Gasteiger partial charge >= 0.3 is 0 Å². The van der Waals surface area contributed by atoms with Gasteiger partial charge in [0, 0.05) is 37.9 Å². The van der Waals surface area contributed by atoms with Gasteiger partial charge in [-0.05, 0) is 6.42 Å². The Morgan fingerprint density at radius 2 is 2.00 bits per heavy atom. The summed E-state index contributed by atoms with van der Waals surface area (Å²) in [5.74, 6) is 0.705. The number of morpholine rings is 1. The van der Waals surface area contributed by atoms with Crippen molar-refractivity contribution in [1.82, 2.24) is 14.3 Å². The molecule has 1 aromatic rings. The monoisotopic (exact) mass is 354 g/mol. The predicted molar refractivity (Wildman–Crippen MR) is 87.4 cm³/mol. The van der Waals surface area contributed by atoms with E-state index in [1.807, 2.05) is 6.20 Å². The van der Waals surface area contributed by atoms with Crippen molar-refractivity contribution in [2.45, 2.75) is 18.4 Å². The Morgan fingerprint density at radius 3 is 2.71 bits per heavy atom. The maximum Gasteiger partial charge on any atom is 0.225 e. The fraction of sp³-hybridized carbons (Fsp3) is 0.733. The number of rotatable bonds is 2. The van der Waals surface area contributed by atoms with E-state index >= 15 is 0 Å². The Kier molecular flexibility index (Phi) is 3.98. The molecule has 24 heavy (non-hydrogen) atoms. The van der Waals surface area contributed by atoms with E-state index in [1.54, 1.807) is 0 Å². The molecule has 9 heteroatoms. The van der Waals surface area contributed by atoms with Crippen LogP contribution >= 0.6 is 0 Å². The number of nitrogens with zero attached hydrogens (tertiary/aromatic N) is 4. The number of fused-ring (bicyclic) bond motifs is 2. The summed E-state index contributed by atoms with van der Waals surface area (Å²) in [6.45, 7) is 4.84. The van der Waals surface area contributed by atoms with Crippen molar-refractivity contribution in [3.05, 3.63) is 17.5 Å². The molecular weight excluding hydrogens is 332 g/mol. The highest BCUT2D eigenvalue weighted by Crippen LogP contribution is 2.40. The summed E-state index contributed by atoms with van der Waals surface area (Å²) < 4.78 is 36.5. The molecule has 3 aliphatic heterocycles. The maximum absolute atomic E-state index is 11.9. The van der Waals surface area contributed by atoms with Gasteiger partial charge in [-0.1, -0.05) is 0 Å². The van der Waals surface area contributed by atoms with Gasteiger partial charge in [0.05, 0.1) is 43.8 Å². The average molecular weight is 354 g/mol. The SMILES string of the molecule is CS(=O)(=O)N1CCC2(COCc3cnc(N4CCOCC4)nc32)C1. The largest absolute Gasteiger partial charge is 0.378 e. The van der Waals surface area contributed by atoms with E-state index in [0.29, 0.717) is 45.5 Å². The molecule has 0 radical (unpaired) electrons. The molecule has 0 saturated carbocycles. The zero-order valence-corrected chi connectivity index (χ0v) is 14.6. The number of hydrogen-bond acceptors (Lipinski definition) is 7. The Morgan fingerprint density at radius 1 is 1.21 bits per heavy atom. The molecule has 0 bridgehead atoms. The van der Waals surface area contributed by atoms with Gasteiger partial charge in [0.2, 0.25) is 16.0 Å². The summed E-state index contributed by atoms with van der Waals surface area (Å²) in [7, 11) is -3.20. The quantitative estimate of drug-likeness (QED) is 0.724. The highest BCUT2D eigenvalue weighted by atomic mass is 32.2. The molecule has 1 spiro atoms. The van der Waals surface area contributed by atoms with Crippen LogP contribution < -0.4 is 4.90 Å². The first-order chi connectivity index (χ1) is 11.5. The Bertz CT molecular complexity index is 735. The molecule has 1 atom stereocenters. The molecule has 0 N–H and O–H groups in total. The Labute approximate surface area is 141 Å². The van der Waals surface area contributed by atoms with Gasteiger partial charge in [-0.3, -0.25) is 0 Å². The van der Waals surface area contributed by atoms with Crippen LogP contribution in [0.5, 0.6) is 0 Å². The van der Waals surface area contributed by atoms with Crippen LogP contribution in [-0.4, -0.2) is 74.9 Å². The predicted octanol–water partition coefficient (Wildman–Crippen LogP) is -0.253. The first-order valence-electron chi connectivity index (χ1n) is 8.20. The minimum atomic E-state index is -3.20. The second-order valence-electron chi connectivity index (χ2n) is 6.76. The van der Waals surface area contributed by atoms with E-state index in [-0.39, 0.29) is 5.41 Å². The molecule has 4 rings (SSSR count). The summed E-state index contributed by atoms with van der Waals surface area (Å²) in [4.78, 5) is 11.5.